The van der Waals surface area contributed by atoms with E-state index in [1.165, 1.54) is 38.8 Å². The molecular formula is C15H23N. The lowest BCUT2D eigenvalue weighted by atomic mass is 9.84. The minimum atomic E-state index is 0.813. The Kier molecular flexibility index (Phi) is 2.89. The molecule has 1 nitrogen and oxygen atoms in total. The molecule has 4 unspecified atom stereocenters. The maximum Gasteiger partial charge on any atom is 0.0167 e. The summed E-state index contributed by atoms with van der Waals surface area (Å²) in [5, 5.41) is 0. The normalized spacial score (nSPS) is 42.8. The third-order valence-corrected chi connectivity index (χ3v) is 4.89. The van der Waals surface area contributed by atoms with E-state index in [2.05, 4.69) is 36.1 Å². The summed E-state index contributed by atoms with van der Waals surface area (Å²) in [6, 6.07) is 0.846. The van der Waals surface area contributed by atoms with E-state index in [1.54, 1.807) is 0 Å². The number of hydrogen-bond donors (Lipinski definition) is 0. The Labute approximate surface area is 99.2 Å². The molecule has 0 aromatic carbocycles. The molecule has 3 aliphatic rings. The molecule has 88 valence electrons. The van der Waals surface area contributed by atoms with Crippen molar-refractivity contribution in [2.75, 3.05) is 13.1 Å². The molecule has 0 aromatic heterocycles. The second kappa shape index (κ2) is 4.37. The van der Waals surface area contributed by atoms with Crippen LogP contribution in [0.2, 0.25) is 0 Å². The van der Waals surface area contributed by atoms with Crippen LogP contribution in [0.15, 0.2) is 24.3 Å². The third kappa shape index (κ3) is 1.66. The summed E-state index contributed by atoms with van der Waals surface area (Å²) in [5.74, 6) is 2.57. The Bertz CT molecular complexity index is 299. The Morgan fingerprint density at radius 3 is 2.44 bits per heavy atom. The van der Waals surface area contributed by atoms with Crippen LogP contribution in [0.4, 0.5) is 0 Å². The average Bonchev–Trinajstić information content (AvgIpc) is 2.95. The van der Waals surface area contributed by atoms with Crippen LogP contribution in [0.1, 0.15) is 32.6 Å². The Hall–Kier alpha value is -0.560. The minimum absolute atomic E-state index is 0.813. The molecule has 1 aliphatic heterocycles. The van der Waals surface area contributed by atoms with Gasteiger partial charge in [-0.25, -0.2) is 0 Å². The largest absolute Gasteiger partial charge is 0.300 e. The van der Waals surface area contributed by atoms with E-state index >= 15 is 0 Å². The van der Waals surface area contributed by atoms with Crippen molar-refractivity contribution in [3.8, 4) is 0 Å². The number of allylic oxidation sites excluding steroid dienone is 3. The molecule has 4 atom stereocenters. The minimum Gasteiger partial charge on any atom is -0.300 e. The standard InChI is InChI=1S/C15H23N/c1-2-12-11-15(16-9-5-6-10-16)14-8-4-3-7-13(12)14/h3-4,7-8,12-15H,2,5-6,9-11H2,1H3. The number of rotatable bonds is 2. The van der Waals surface area contributed by atoms with E-state index in [-0.39, 0.29) is 0 Å². The van der Waals surface area contributed by atoms with Crippen LogP contribution in [0.3, 0.4) is 0 Å². The van der Waals surface area contributed by atoms with Crippen molar-refractivity contribution < 1.29 is 0 Å². The first-order valence-electron chi connectivity index (χ1n) is 6.99. The lowest BCUT2D eigenvalue weighted by Crippen LogP contribution is -2.36. The van der Waals surface area contributed by atoms with E-state index in [0.29, 0.717) is 0 Å². The van der Waals surface area contributed by atoms with Crippen molar-refractivity contribution >= 4 is 0 Å². The van der Waals surface area contributed by atoms with Gasteiger partial charge in [0.1, 0.15) is 0 Å². The van der Waals surface area contributed by atoms with E-state index in [4.69, 9.17) is 0 Å². The van der Waals surface area contributed by atoms with E-state index < -0.39 is 0 Å². The van der Waals surface area contributed by atoms with Crippen molar-refractivity contribution in [3.63, 3.8) is 0 Å². The molecule has 1 saturated carbocycles. The lowest BCUT2D eigenvalue weighted by molar-refractivity contribution is 0.210. The van der Waals surface area contributed by atoms with Gasteiger partial charge in [-0.1, -0.05) is 37.6 Å². The molecule has 0 radical (unpaired) electrons. The first-order chi connectivity index (χ1) is 7.90. The Balaban J connectivity index is 1.79. The molecule has 0 bridgehead atoms. The molecule has 2 aliphatic carbocycles. The van der Waals surface area contributed by atoms with Crippen LogP contribution in [0, 0.1) is 17.8 Å². The van der Waals surface area contributed by atoms with Crippen molar-refractivity contribution in [1.82, 2.24) is 4.90 Å². The number of nitrogens with zero attached hydrogens (tertiary/aromatic N) is 1. The molecule has 1 saturated heterocycles. The fourth-order valence-electron chi connectivity index (χ4n) is 4.03. The van der Waals surface area contributed by atoms with Crippen LogP contribution in [-0.4, -0.2) is 24.0 Å². The fraction of sp³-hybridized carbons (Fsp3) is 0.733. The first-order valence-corrected chi connectivity index (χ1v) is 6.99. The second-order valence-corrected chi connectivity index (χ2v) is 5.64. The number of hydrogen-bond acceptors (Lipinski definition) is 1. The van der Waals surface area contributed by atoms with Gasteiger partial charge in [-0.3, -0.25) is 4.90 Å². The molecular weight excluding hydrogens is 194 g/mol. The monoisotopic (exact) mass is 217 g/mol. The highest BCUT2D eigenvalue weighted by atomic mass is 15.2. The molecule has 3 rings (SSSR count). The number of fused-ring (bicyclic) bond motifs is 1. The van der Waals surface area contributed by atoms with Gasteiger partial charge >= 0.3 is 0 Å². The van der Waals surface area contributed by atoms with Gasteiger partial charge in [-0.05, 0) is 50.1 Å². The lowest BCUT2D eigenvalue weighted by Gasteiger charge is -2.30. The van der Waals surface area contributed by atoms with Crippen molar-refractivity contribution in [2.24, 2.45) is 17.8 Å². The van der Waals surface area contributed by atoms with Gasteiger partial charge in [-0.15, -0.1) is 0 Å². The van der Waals surface area contributed by atoms with Gasteiger partial charge < -0.3 is 0 Å². The highest BCUT2D eigenvalue weighted by molar-refractivity contribution is 5.20. The SMILES string of the molecule is CCC1CC(N2CCCC2)C2C=CC=CC12. The summed E-state index contributed by atoms with van der Waals surface area (Å²) >= 11 is 0. The molecule has 0 spiro atoms. The summed E-state index contributed by atoms with van der Waals surface area (Å²) in [6.45, 7) is 5.06. The summed E-state index contributed by atoms with van der Waals surface area (Å²) in [7, 11) is 0. The summed E-state index contributed by atoms with van der Waals surface area (Å²) in [4.78, 5) is 2.76. The average molecular weight is 217 g/mol. The van der Waals surface area contributed by atoms with Gasteiger partial charge in [-0.2, -0.15) is 0 Å². The maximum atomic E-state index is 2.76. The fourth-order valence-corrected chi connectivity index (χ4v) is 4.03. The zero-order valence-electron chi connectivity index (χ0n) is 10.3. The highest BCUT2D eigenvalue weighted by Gasteiger charge is 2.43. The summed E-state index contributed by atoms with van der Waals surface area (Å²) in [5.41, 5.74) is 0. The van der Waals surface area contributed by atoms with Crippen LogP contribution in [0.5, 0.6) is 0 Å². The van der Waals surface area contributed by atoms with Gasteiger partial charge in [0.2, 0.25) is 0 Å². The quantitative estimate of drug-likeness (QED) is 0.686. The van der Waals surface area contributed by atoms with Gasteiger partial charge in [0, 0.05) is 6.04 Å². The Morgan fingerprint density at radius 2 is 1.75 bits per heavy atom. The van der Waals surface area contributed by atoms with E-state index in [1.807, 2.05) is 0 Å². The van der Waals surface area contributed by atoms with Crippen LogP contribution in [0.25, 0.3) is 0 Å². The predicted molar refractivity (Wildman–Crippen MR) is 68.3 cm³/mol. The molecule has 2 fully saturated rings. The zero-order chi connectivity index (χ0) is 11.0. The number of likely N-dealkylation sites (tertiary alicyclic amines) is 1. The van der Waals surface area contributed by atoms with Crippen molar-refractivity contribution in [1.29, 1.82) is 0 Å². The van der Waals surface area contributed by atoms with Gasteiger partial charge in [0.25, 0.3) is 0 Å². The Morgan fingerprint density at radius 1 is 1.06 bits per heavy atom. The van der Waals surface area contributed by atoms with Crippen LogP contribution < -0.4 is 0 Å². The molecule has 16 heavy (non-hydrogen) atoms. The van der Waals surface area contributed by atoms with Crippen molar-refractivity contribution in [2.45, 2.75) is 38.6 Å². The molecule has 1 heterocycles. The first kappa shape index (κ1) is 10.6. The molecule has 0 N–H and O–H groups in total. The smallest absolute Gasteiger partial charge is 0.0167 e. The van der Waals surface area contributed by atoms with Crippen LogP contribution >= 0.6 is 0 Å². The van der Waals surface area contributed by atoms with E-state index in [9.17, 15) is 0 Å². The van der Waals surface area contributed by atoms with Crippen LogP contribution in [-0.2, 0) is 0 Å². The molecule has 0 amide bonds. The predicted octanol–water partition coefficient (Wildman–Crippen LogP) is 3.24. The van der Waals surface area contributed by atoms with Crippen molar-refractivity contribution in [3.05, 3.63) is 24.3 Å². The maximum absolute atomic E-state index is 2.76. The molecule has 1 heteroatoms. The second-order valence-electron chi connectivity index (χ2n) is 5.64. The van der Waals surface area contributed by atoms with Gasteiger partial charge in [0.05, 0.1) is 0 Å². The topological polar surface area (TPSA) is 3.24 Å². The van der Waals surface area contributed by atoms with Gasteiger partial charge in [0.15, 0.2) is 0 Å². The highest BCUT2D eigenvalue weighted by Crippen LogP contribution is 2.45. The summed E-state index contributed by atoms with van der Waals surface area (Å²) < 4.78 is 0. The molecule has 0 aromatic rings. The third-order valence-electron chi connectivity index (χ3n) is 4.89. The zero-order valence-corrected chi connectivity index (χ0v) is 10.3. The van der Waals surface area contributed by atoms with E-state index in [0.717, 1.165) is 23.8 Å². The summed E-state index contributed by atoms with van der Waals surface area (Å²) in [6.07, 6.45) is 15.1.